The van der Waals surface area contributed by atoms with Crippen LogP contribution in [0.2, 0.25) is 0 Å². The lowest BCUT2D eigenvalue weighted by Crippen LogP contribution is -2.20. The number of aldehydes is 1. The molecular formula is C17H15N3O2. The average Bonchev–Trinajstić information content (AvgIpc) is 2.80. The van der Waals surface area contributed by atoms with Gasteiger partial charge in [0.1, 0.15) is 12.4 Å². The predicted molar refractivity (Wildman–Crippen MR) is 84.9 cm³/mol. The van der Waals surface area contributed by atoms with Crippen molar-refractivity contribution in [3.05, 3.63) is 59.9 Å². The molecule has 0 aliphatic heterocycles. The van der Waals surface area contributed by atoms with Crippen LogP contribution in [-0.2, 0) is 11.3 Å². The first kappa shape index (κ1) is 14.0. The zero-order chi connectivity index (χ0) is 15.5. The quantitative estimate of drug-likeness (QED) is 0.752. The molecule has 1 amide bonds. The van der Waals surface area contributed by atoms with Crippen molar-refractivity contribution in [3.63, 3.8) is 0 Å². The van der Waals surface area contributed by atoms with Crippen molar-refractivity contribution < 1.29 is 9.59 Å². The Morgan fingerprint density at radius 1 is 1.23 bits per heavy atom. The number of hydrogen-bond donors (Lipinski definition) is 1. The molecule has 5 nitrogen and oxygen atoms in total. The first-order valence-electron chi connectivity index (χ1n) is 6.94. The van der Waals surface area contributed by atoms with Gasteiger partial charge in [0.25, 0.3) is 0 Å². The number of rotatable bonds is 4. The number of para-hydroxylation sites is 1. The molecule has 0 bridgehead atoms. The Balaban J connectivity index is 1.92. The maximum absolute atomic E-state index is 12.2. The summed E-state index contributed by atoms with van der Waals surface area (Å²) < 4.78 is 1.84. The van der Waals surface area contributed by atoms with Crippen molar-refractivity contribution in [3.8, 4) is 0 Å². The normalized spacial score (nSPS) is 10.6. The van der Waals surface area contributed by atoms with Crippen molar-refractivity contribution in [1.29, 1.82) is 0 Å². The summed E-state index contributed by atoms with van der Waals surface area (Å²) in [7, 11) is 0. The number of benzene rings is 1. The van der Waals surface area contributed by atoms with Crippen LogP contribution in [0.5, 0.6) is 0 Å². The van der Waals surface area contributed by atoms with E-state index in [1.807, 2.05) is 41.8 Å². The van der Waals surface area contributed by atoms with E-state index < -0.39 is 0 Å². The number of anilines is 1. The van der Waals surface area contributed by atoms with Crippen LogP contribution in [0.3, 0.4) is 0 Å². The molecule has 0 fully saturated rings. The molecule has 0 aliphatic rings. The summed E-state index contributed by atoms with van der Waals surface area (Å²) in [6.45, 7) is 1.98. The monoisotopic (exact) mass is 293 g/mol. The summed E-state index contributed by atoms with van der Waals surface area (Å²) in [5, 5.41) is 3.61. The molecule has 2 aromatic heterocycles. The van der Waals surface area contributed by atoms with Gasteiger partial charge in [-0.1, -0.05) is 24.3 Å². The molecule has 0 spiro atoms. The number of carbonyl (C=O) groups is 2. The highest BCUT2D eigenvalue weighted by Gasteiger charge is 2.15. The Kier molecular flexibility index (Phi) is 3.70. The number of nitrogens with one attached hydrogen (secondary N) is 1. The number of hydrogen-bond acceptors (Lipinski definition) is 3. The van der Waals surface area contributed by atoms with Gasteiger partial charge < -0.3 is 9.88 Å². The molecule has 0 atom stereocenters. The second-order valence-corrected chi connectivity index (χ2v) is 4.98. The van der Waals surface area contributed by atoms with Gasteiger partial charge in [-0.05, 0) is 25.1 Å². The minimum atomic E-state index is -0.181. The summed E-state index contributed by atoms with van der Waals surface area (Å²) in [5.74, 6) is 0.331. The fourth-order valence-electron chi connectivity index (χ4n) is 2.57. The summed E-state index contributed by atoms with van der Waals surface area (Å²) >= 11 is 0. The van der Waals surface area contributed by atoms with Crippen LogP contribution in [0.25, 0.3) is 10.9 Å². The van der Waals surface area contributed by atoms with E-state index in [0.717, 1.165) is 22.9 Å². The number of pyridine rings is 1. The first-order valence-corrected chi connectivity index (χ1v) is 6.94. The summed E-state index contributed by atoms with van der Waals surface area (Å²) in [4.78, 5) is 27.6. The predicted octanol–water partition coefficient (Wildman–Crippen LogP) is 2.80. The van der Waals surface area contributed by atoms with Crippen LogP contribution in [0, 0.1) is 6.92 Å². The molecular weight excluding hydrogens is 278 g/mol. The topological polar surface area (TPSA) is 64.0 Å². The van der Waals surface area contributed by atoms with Gasteiger partial charge in [0.2, 0.25) is 5.91 Å². The highest BCUT2D eigenvalue weighted by atomic mass is 16.2. The Labute approximate surface area is 127 Å². The molecule has 0 saturated heterocycles. The van der Waals surface area contributed by atoms with E-state index >= 15 is 0 Å². The van der Waals surface area contributed by atoms with Crippen LogP contribution >= 0.6 is 0 Å². The number of carbonyl (C=O) groups excluding carboxylic acids is 2. The summed E-state index contributed by atoms with van der Waals surface area (Å²) in [5.41, 5.74) is 2.28. The van der Waals surface area contributed by atoms with Crippen LogP contribution < -0.4 is 5.32 Å². The lowest BCUT2D eigenvalue weighted by molar-refractivity contribution is -0.116. The molecule has 0 aliphatic carbocycles. The van der Waals surface area contributed by atoms with Gasteiger partial charge in [-0.2, -0.15) is 0 Å². The van der Waals surface area contributed by atoms with E-state index in [9.17, 15) is 9.59 Å². The Morgan fingerprint density at radius 2 is 2.00 bits per heavy atom. The smallest absolute Gasteiger partial charge is 0.245 e. The fraction of sp³-hybridized carbons (Fsp3) is 0.118. The number of nitrogens with zero attached hydrogens (tertiary/aromatic N) is 2. The van der Waals surface area contributed by atoms with E-state index in [1.54, 1.807) is 18.3 Å². The molecule has 0 radical (unpaired) electrons. The van der Waals surface area contributed by atoms with Crippen LogP contribution in [0.15, 0.2) is 48.7 Å². The van der Waals surface area contributed by atoms with E-state index in [1.165, 1.54) is 0 Å². The maximum atomic E-state index is 12.2. The minimum Gasteiger partial charge on any atom is -0.335 e. The fourth-order valence-corrected chi connectivity index (χ4v) is 2.57. The molecule has 3 rings (SSSR count). The zero-order valence-electron chi connectivity index (χ0n) is 12.1. The molecule has 3 aromatic rings. The molecule has 0 unspecified atom stereocenters. The SMILES string of the molecule is Cc1c(C=O)c2ccccc2n1CC(=O)Nc1ccccn1. The first-order chi connectivity index (χ1) is 10.7. The van der Waals surface area contributed by atoms with Crippen LogP contribution in [-0.4, -0.2) is 21.7 Å². The van der Waals surface area contributed by atoms with Gasteiger partial charge in [-0.25, -0.2) is 4.98 Å². The van der Waals surface area contributed by atoms with Crippen molar-refractivity contribution >= 4 is 28.9 Å². The lowest BCUT2D eigenvalue weighted by atomic mass is 10.1. The number of amides is 1. The highest BCUT2D eigenvalue weighted by Crippen LogP contribution is 2.24. The van der Waals surface area contributed by atoms with E-state index in [-0.39, 0.29) is 12.5 Å². The molecule has 2 heterocycles. The Morgan fingerprint density at radius 3 is 2.73 bits per heavy atom. The van der Waals surface area contributed by atoms with E-state index in [2.05, 4.69) is 10.3 Å². The van der Waals surface area contributed by atoms with Crippen molar-refractivity contribution in [2.45, 2.75) is 13.5 Å². The standard InChI is InChI=1S/C17H15N3O2/c1-12-14(11-21)13-6-2-3-7-15(13)20(12)10-17(22)19-16-8-4-5-9-18-16/h2-9,11H,10H2,1H3,(H,18,19,22). The average molecular weight is 293 g/mol. The van der Waals surface area contributed by atoms with Gasteiger partial charge in [0.05, 0.1) is 0 Å². The molecule has 1 N–H and O–H groups in total. The third-order valence-corrected chi connectivity index (χ3v) is 3.63. The van der Waals surface area contributed by atoms with Gasteiger partial charge in [0, 0.05) is 28.4 Å². The molecule has 5 heteroatoms. The summed E-state index contributed by atoms with van der Waals surface area (Å²) in [6, 6.07) is 12.9. The minimum absolute atomic E-state index is 0.136. The maximum Gasteiger partial charge on any atom is 0.245 e. The number of fused-ring (bicyclic) bond motifs is 1. The second-order valence-electron chi connectivity index (χ2n) is 4.98. The molecule has 22 heavy (non-hydrogen) atoms. The third kappa shape index (κ3) is 2.48. The van der Waals surface area contributed by atoms with Crippen molar-refractivity contribution in [2.24, 2.45) is 0 Å². The van der Waals surface area contributed by atoms with E-state index in [4.69, 9.17) is 0 Å². The van der Waals surface area contributed by atoms with Gasteiger partial charge >= 0.3 is 0 Å². The Hall–Kier alpha value is -2.95. The summed E-state index contributed by atoms with van der Waals surface area (Å²) in [6.07, 6.45) is 2.46. The van der Waals surface area contributed by atoms with Gasteiger partial charge in [-0.3, -0.25) is 9.59 Å². The number of aromatic nitrogens is 2. The van der Waals surface area contributed by atoms with Gasteiger partial charge in [-0.15, -0.1) is 0 Å². The second kappa shape index (κ2) is 5.81. The third-order valence-electron chi connectivity index (χ3n) is 3.63. The van der Waals surface area contributed by atoms with Gasteiger partial charge in [0.15, 0.2) is 6.29 Å². The van der Waals surface area contributed by atoms with Crippen molar-refractivity contribution in [1.82, 2.24) is 9.55 Å². The van der Waals surface area contributed by atoms with E-state index in [0.29, 0.717) is 11.4 Å². The zero-order valence-corrected chi connectivity index (χ0v) is 12.1. The highest BCUT2D eigenvalue weighted by molar-refractivity contribution is 6.00. The van der Waals surface area contributed by atoms with Crippen LogP contribution in [0.1, 0.15) is 16.1 Å². The molecule has 0 saturated carbocycles. The largest absolute Gasteiger partial charge is 0.335 e. The molecule has 110 valence electrons. The van der Waals surface area contributed by atoms with Crippen LogP contribution in [0.4, 0.5) is 5.82 Å². The Bertz CT molecular complexity index is 838. The lowest BCUT2D eigenvalue weighted by Gasteiger charge is -2.09. The molecule has 1 aromatic carbocycles. The van der Waals surface area contributed by atoms with Crippen molar-refractivity contribution in [2.75, 3.05) is 5.32 Å².